The van der Waals surface area contributed by atoms with Crippen LogP contribution in [-0.4, -0.2) is 26.8 Å². The molecule has 162 valence electrons. The third-order valence-corrected chi connectivity index (χ3v) is 6.43. The maximum absolute atomic E-state index is 12.3. The van der Waals surface area contributed by atoms with E-state index in [4.69, 9.17) is 4.42 Å². The highest BCUT2D eigenvalue weighted by atomic mass is 79.9. The minimum atomic E-state index is -3.51. The minimum Gasteiger partial charge on any atom is -0.459 e. The molecule has 0 atom stereocenters. The fraction of sp³-hybridized carbons (Fsp3) is 0.182. The molecule has 0 spiro atoms. The Hall–Kier alpha value is -2.91. The molecule has 2 aromatic carbocycles. The number of aryl methyl sites for hydroxylation is 2. The first-order chi connectivity index (χ1) is 14.6. The number of anilines is 1. The van der Waals surface area contributed by atoms with Crippen LogP contribution in [0, 0.1) is 13.8 Å². The topological polar surface area (TPSA) is 92.0 Å². The van der Waals surface area contributed by atoms with Gasteiger partial charge in [-0.3, -0.25) is 9.10 Å². The van der Waals surface area contributed by atoms with Gasteiger partial charge in [0, 0.05) is 11.6 Å². The van der Waals surface area contributed by atoms with Gasteiger partial charge in [-0.1, -0.05) is 29.8 Å². The summed E-state index contributed by atoms with van der Waals surface area (Å²) in [4.78, 5) is 12.3. The van der Waals surface area contributed by atoms with Gasteiger partial charge >= 0.3 is 0 Å². The van der Waals surface area contributed by atoms with Crippen LogP contribution >= 0.6 is 15.9 Å². The predicted octanol–water partition coefficient (Wildman–Crippen LogP) is 4.39. The van der Waals surface area contributed by atoms with Crippen molar-refractivity contribution in [3.05, 3.63) is 87.3 Å². The number of hydrogen-bond donors (Lipinski definition) is 1. The predicted molar refractivity (Wildman–Crippen MR) is 125 cm³/mol. The Morgan fingerprint density at radius 1 is 1.13 bits per heavy atom. The summed E-state index contributed by atoms with van der Waals surface area (Å²) in [5.74, 6) is 0.791. The molecule has 1 N–H and O–H groups in total. The fourth-order valence-corrected chi connectivity index (χ4v) is 4.00. The molecule has 0 bridgehead atoms. The molecular formula is C22H22BrN3O4S. The molecule has 0 radical (unpaired) electrons. The molecule has 0 saturated carbocycles. The van der Waals surface area contributed by atoms with E-state index in [0.717, 1.165) is 21.9 Å². The highest BCUT2D eigenvalue weighted by Crippen LogP contribution is 2.22. The lowest BCUT2D eigenvalue weighted by atomic mass is 10.1. The van der Waals surface area contributed by atoms with Crippen molar-refractivity contribution in [2.45, 2.75) is 20.4 Å². The Morgan fingerprint density at radius 3 is 2.32 bits per heavy atom. The first-order valence-electron chi connectivity index (χ1n) is 9.36. The van der Waals surface area contributed by atoms with Crippen molar-refractivity contribution in [1.29, 1.82) is 0 Å². The summed E-state index contributed by atoms with van der Waals surface area (Å²) in [6, 6.07) is 15.7. The van der Waals surface area contributed by atoms with E-state index in [1.807, 2.05) is 31.2 Å². The zero-order valence-electron chi connectivity index (χ0n) is 17.3. The minimum absolute atomic E-state index is 0.201. The largest absolute Gasteiger partial charge is 0.459 e. The molecule has 31 heavy (non-hydrogen) atoms. The van der Waals surface area contributed by atoms with Crippen molar-refractivity contribution in [2.24, 2.45) is 5.10 Å². The second-order valence-corrected chi connectivity index (χ2v) is 9.82. The van der Waals surface area contributed by atoms with Crippen LogP contribution in [0.3, 0.4) is 0 Å². The van der Waals surface area contributed by atoms with Crippen LogP contribution < -0.4 is 9.73 Å². The summed E-state index contributed by atoms with van der Waals surface area (Å²) in [7, 11) is -3.51. The van der Waals surface area contributed by atoms with Gasteiger partial charge in [-0.2, -0.15) is 5.10 Å². The van der Waals surface area contributed by atoms with Gasteiger partial charge in [-0.15, -0.1) is 0 Å². The third kappa shape index (κ3) is 6.05. The lowest BCUT2D eigenvalue weighted by Gasteiger charge is -2.22. The van der Waals surface area contributed by atoms with Crippen LogP contribution in [0.4, 0.5) is 5.69 Å². The van der Waals surface area contributed by atoms with E-state index >= 15 is 0 Å². The number of nitrogens with one attached hydrogen (secondary N) is 1. The maximum atomic E-state index is 12.3. The Bertz CT molecular complexity index is 1180. The molecule has 9 heteroatoms. The average molecular weight is 504 g/mol. The summed E-state index contributed by atoms with van der Waals surface area (Å²) in [5, 5.41) is 3.89. The molecule has 0 unspecified atom stereocenters. The molecule has 0 fully saturated rings. The van der Waals surface area contributed by atoms with Crippen molar-refractivity contribution in [2.75, 3.05) is 10.6 Å². The molecule has 7 nitrogen and oxygen atoms in total. The SMILES string of the molecule is Cc1ccc(CN(c2ccc(C(=O)N/N=C\c3cc(Br)c(C)o3)cc2)S(C)(=O)=O)cc1. The maximum Gasteiger partial charge on any atom is 0.271 e. The third-order valence-electron chi connectivity index (χ3n) is 4.50. The van der Waals surface area contributed by atoms with Gasteiger partial charge in [0.25, 0.3) is 5.91 Å². The molecule has 1 heterocycles. The summed E-state index contributed by atoms with van der Waals surface area (Å²) in [6.07, 6.45) is 2.56. The van der Waals surface area contributed by atoms with Gasteiger partial charge in [0.15, 0.2) is 0 Å². The van der Waals surface area contributed by atoms with E-state index in [2.05, 4.69) is 26.5 Å². The van der Waals surface area contributed by atoms with Crippen LogP contribution in [0.5, 0.6) is 0 Å². The zero-order valence-corrected chi connectivity index (χ0v) is 19.7. The van der Waals surface area contributed by atoms with Crippen LogP contribution in [-0.2, 0) is 16.6 Å². The highest BCUT2D eigenvalue weighted by Gasteiger charge is 2.18. The second-order valence-electron chi connectivity index (χ2n) is 7.05. The summed E-state index contributed by atoms with van der Waals surface area (Å²) < 4.78 is 32.2. The van der Waals surface area contributed by atoms with Gasteiger partial charge in [0.1, 0.15) is 11.5 Å². The molecular weight excluding hydrogens is 482 g/mol. The van der Waals surface area contributed by atoms with Gasteiger partial charge in [-0.25, -0.2) is 13.8 Å². The van der Waals surface area contributed by atoms with Gasteiger partial charge < -0.3 is 4.42 Å². The van der Waals surface area contributed by atoms with Gasteiger partial charge in [0.05, 0.1) is 29.2 Å². The van der Waals surface area contributed by atoms with E-state index < -0.39 is 15.9 Å². The number of hydrazone groups is 1. The van der Waals surface area contributed by atoms with Crippen LogP contribution in [0.15, 0.2) is 68.6 Å². The average Bonchev–Trinajstić information content (AvgIpc) is 3.04. The number of benzene rings is 2. The molecule has 0 aliphatic carbocycles. The van der Waals surface area contributed by atoms with Crippen LogP contribution in [0.2, 0.25) is 0 Å². The summed E-state index contributed by atoms with van der Waals surface area (Å²) in [6.45, 7) is 3.98. The fourth-order valence-electron chi connectivity index (χ4n) is 2.80. The quantitative estimate of drug-likeness (QED) is 0.382. The van der Waals surface area contributed by atoms with E-state index in [1.54, 1.807) is 37.3 Å². The monoisotopic (exact) mass is 503 g/mol. The Labute approximate surface area is 189 Å². The normalized spacial score (nSPS) is 11.6. The smallest absolute Gasteiger partial charge is 0.271 e. The van der Waals surface area contributed by atoms with E-state index in [0.29, 0.717) is 22.8 Å². The number of carbonyl (C=O) groups is 1. The Kier molecular flexibility index (Phi) is 6.97. The molecule has 3 rings (SSSR count). The molecule has 0 aliphatic rings. The number of carbonyl (C=O) groups excluding carboxylic acids is 1. The van der Waals surface area contributed by atoms with Crippen LogP contribution in [0.25, 0.3) is 0 Å². The second kappa shape index (κ2) is 9.49. The van der Waals surface area contributed by atoms with Gasteiger partial charge in [0.2, 0.25) is 10.0 Å². The first-order valence-corrected chi connectivity index (χ1v) is 12.0. The molecule has 1 aromatic heterocycles. The van der Waals surface area contributed by atoms with Crippen LogP contribution in [0.1, 0.15) is 33.0 Å². The van der Waals surface area contributed by atoms with Crippen molar-refractivity contribution in [3.8, 4) is 0 Å². The zero-order chi connectivity index (χ0) is 22.6. The molecule has 1 amide bonds. The number of sulfonamides is 1. The lowest BCUT2D eigenvalue weighted by molar-refractivity contribution is 0.0955. The Morgan fingerprint density at radius 2 is 1.77 bits per heavy atom. The number of rotatable bonds is 7. The van der Waals surface area contributed by atoms with E-state index in [1.165, 1.54) is 10.5 Å². The molecule has 0 aliphatic heterocycles. The van der Waals surface area contributed by atoms with Crippen molar-refractivity contribution in [3.63, 3.8) is 0 Å². The summed E-state index contributed by atoms with van der Waals surface area (Å²) in [5.41, 5.74) is 5.21. The van der Waals surface area contributed by atoms with Crippen molar-refractivity contribution < 1.29 is 17.6 Å². The van der Waals surface area contributed by atoms with Crippen molar-refractivity contribution >= 4 is 43.8 Å². The number of nitrogens with zero attached hydrogens (tertiary/aromatic N) is 2. The molecule has 3 aromatic rings. The summed E-state index contributed by atoms with van der Waals surface area (Å²) >= 11 is 3.34. The number of furan rings is 1. The number of amides is 1. The van der Waals surface area contributed by atoms with E-state index in [9.17, 15) is 13.2 Å². The van der Waals surface area contributed by atoms with Gasteiger partial charge in [-0.05, 0) is 59.6 Å². The Balaban J connectivity index is 1.71. The number of hydrogen-bond acceptors (Lipinski definition) is 5. The van der Waals surface area contributed by atoms with Crippen molar-refractivity contribution in [1.82, 2.24) is 5.43 Å². The standard InChI is InChI=1S/C22H22BrN3O4S/c1-15-4-6-17(7-5-15)14-26(31(3,28)29)19-10-8-18(9-11-19)22(27)25-24-13-20-12-21(23)16(2)30-20/h4-13H,14H2,1-3H3,(H,25,27)/b24-13-. The molecule has 0 saturated heterocycles. The number of halogens is 1. The first kappa shape index (κ1) is 22.8. The lowest BCUT2D eigenvalue weighted by Crippen LogP contribution is -2.29. The van der Waals surface area contributed by atoms with E-state index in [-0.39, 0.29) is 6.54 Å². The highest BCUT2D eigenvalue weighted by molar-refractivity contribution is 9.10.